The lowest BCUT2D eigenvalue weighted by molar-refractivity contribution is -0.0894. The molecule has 1 heterocycles. The van der Waals surface area contributed by atoms with Crippen molar-refractivity contribution in [2.24, 2.45) is 0 Å². The summed E-state index contributed by atoms with van der Waals surface area (Å²) in [4.78, 5) is 12.4. The summed E-state index contributed by atoms with van der Waals surface area (Å²) in [5.74, 6) is 0. The molecule has 0 saturated carbocycles. The zero-order chi connectivity index (χ0) is 9.84. The summed E-state index contributed by atoms with van der Waals surface area (Å²) >= 11 is 0. The van der Waals surface area contributed by atoms with Crippen molar-refractivity contribution < 1.29 is 18.7 Å². The second-order valence-electron chi connectivity index (χ2n) is 2.95. The summed E-state index contributed by atoms with van der Waals surface area (Å²) in [5, 5.41) is 0. The molecule has 0 N–H and O–H groups in total. The molecule has 0 aromatic carbocycles. The number of methoxy groups -OCH3 is 2. The van der Waals surface area contributed by atoms with Gasteiger partial charge >= 0.3 is 6.09 Å². The number of nitrogens with zero attached hydrogens (tertiary/aromatic N) is 1. The van der Waals surface area contributed by atoms with Crippen LogP contribution in [0.4, 0.5) is 9.18 Å². The van der Waals surface area contributed by atoms with Crippen LogP contribution in [0.15, 0.2) is 0 Å². The molecule has 0 bridgehead atoms. The van der Waals surface area contributed by atoms with E-state index in [0.717, 1.165) is 0 Å². The largest absolute Gasteiger partial charge is 0.453 e. The average Bonchev–Trinajstić information content (AvgIpc) is 2.16. The van der Waals surface area contributed by atoms with E-state index in [2.05, 4.69) is 4.74 Å². The minimum Gasteiger partial charge on any atom is -0.453 e. The number of halogens is 1. The molecular formula is C8H14FNO3. The Morgan fingerprint density at radius 1 is 1.54 bits per heavy atom. The third-order valence-corrected chi connectivity index (χ3v) is 2.15. The van der Waals surface area contributed by atoms with Gasteiger partial charge in [0.15, 0.2) is 6.23 Å². The molecule has 0 radical (unpaired) electrons. The van der Waals surface area contributed by atoms with E-state index in [4.69, 9.17) is 4.74 Å². The SMILES string of the molecule is COC(=O)N1CCCC(F)C1OC. The number of rotatable bonds is 1. The van der Waals surface area contributed by atoms with Crippen LogP contribution in [-0.2, 0) is 9.47 Å². The van der Waals surface area contributed by atoms with Gasteiger partial charge in [-0.2, -0.15) is 0 Å². The predicted molar refractivity (Wildman–Crippen MR) is 44.0 cm³/mol. The fourth-order valence-electron chi connectivity index (χ4n) is 1.51. The Morgan fingerprint density at radius 2 is 2.23 bits per heavy atom. The molecule has 13 heavy (non-hydrogen) atoms. The van der Waals surface area contributed by atoms with Crippen LogP contribution >= 0.6 is 0 Å². The first-order valence-corrected chi connectivity index (χ1v) is 4.22. The first-order chi connectivity index (χ1) is 6.20. The van der Waals surface area contributed by atoms with Gasteiger partial charge in [0, 0.05) is 13.7 Å². The molecule has 76 valence electrons. The van der Waals surface area contributed by atoms with Crippen LogP contribution in [0.3, 0.4) is 0 Å². The fourth-order valence-corrected chi connectivity index (χ4v) is 1.51. The Morgan fingerprint density at radius 3 is 2.77 bits per heavy atom. The van der Waals surface area contributed by atoms with Gasteiger partial charge in [-0.25, -0.2) is 9.18 Å². The van der Waals surface area contributed by atoms with Crippen LogP contribution in [0.1, 0.15) is 12.8 Å². The number of likely N-dealkylation sites (tertiary alicyclic amines) is 1. The summed E-state index contributed by atoms with van der Waals surface area (Å²) in [6, 6.07) is 0. The number of amides is 1. The van der Waals surface area contributed by atoms with Crippen molar-refractivity contribution in [1.82, 2.24) is 4.90 Å². The first-order valence-electron chi connectivity index (χ1n) is 4.22. The Labute approximate surface area is 76.6 Å². The molecule has 5 heteroatoms. The lowest BCUT2D eigenvalue weighted by Gasteiger charge is -2.35. The zero-order valence-corrected chi connectivity index (χ0v) is 7.83. The molecule has 0 spiro atoms. The van der Waals surface area contributed by atoms with Crippen LogP contribution in [0.5, 0.6) is 0 Å². The number of hydrogen-bond acceptors (Lipinski definition) is 3. The van der Waals surface area contributed by atoms with E-state index in [1.54, 1.807) is 0 Å². The summed E-state index contributed by atoms with van der Waals surface area (Å²) < 4.78 is 22.6. The number of hydrogen-bond donors (Lipinski definition) is 0. The van der Waals surface area contributed by atoms with E-state index in [1.807, 2.05) is 0 Å². The van der Waals surface area contributed by atoms with Crippen molar-refractivity contribution in [1.29, 1.82) is 0 Å². The molecule has 1 saturated heterocycles. The van der Waals surface area contributed by atoms with Gasteiger partial charge in [-0.3, -0.25) is 4.90 Å². The maximum absolute atomic E-state index is 13.2. The molecule has 1 amide bonds. The maximum Gasteiger partial charge on any atom is 0.411 e. The normalized spacial score (nSPS) is 28.7. The molecule has 2 unspecified atom stereocenters. The van der Waals surface area contributed by atoms with Crippen molar-refractivity contribution in [2.45, 2.75) is 25.2 Å². The van der Waals surface area contributed by atoms with E-state index in [1.165, 1.54) is 19.1 Å². The van der Waals surface area contributed by atoms with Gasteiger partial charge in [0.25, 0.3) is 0 Å². The van der Waals surface area contributed by atoms with Gasteiger partial charge < -0.3 is 9.47 Å². The Kier molecular flexibility index (Phi) is 3.48. The first kappa shape index (κ1) is 10.2. The van der Waals surface area contributed by atoms with E-state index in [0.29, 0.717) is 19.4 Å². The summed E-state index contributed by atoms with van der Waals surface area (Å²) in [6.07, 6.45) is -1.35. The molecule has 1 aliphatic heterocycles. The van der Waals surface area contributed by atoms with Gasteiger partial charge in [-0.1, -0.05) is 0 Å². The fraction of sp³-hybridized carbons (Fsp3) is 0.875. The third-order valence-electron chi connectivity index (χ3n) is 2.15. The molecule has 1 aliphatic rings. The lowest BCUT2D eigenvalue weighted by atomic mass is 10.1. The quantitative estimate of drug-likeness (QED) is 0.624. The number of alkyl halides is 1. The summed E-state index contributed by atoms with van der Waals surface area (Å²) in [6.45, 7) is 0.492. The third kappa shape index (κ3) is 2.09. The second-order valence-corrected chi connectivity index (χ2v) is 2.95. The maximum atomic E-state index is 13.2. The number of ether oxygens (including phenoxy) is 2. The highest BCUT2D eigenvalue weighted by Gasteiger charge is 2.34. The molecule has 0 aromatic heterocycles. The van der Waals surface area contributed by atoms with Gasteiger partial charge in [-0.05, 0) is 12.8 Å². The smallest absolute Gasteiger partial charge is 0.411 e. The van der Waals surface area contributed by atoms with Crippen LogP contribution in [0, 0.1) is 0 Å². The van der Waals surface area contributed by atoms with Crippen LogP contribution in [-0.4, -0.2) is 44.2 Å². The minimum absolute atomic E-state index is 0.437. The van der Waals surface area contributed by atoms with Crippen molar-refractivity contribution in [3.8, 4) is 0 Å². The number of carbonyl (C=O) groups excluding carboxylic acids is 1. The molecule has 2 atom stereocenters. The average molecular weight is 191 g/mol. The predicted octanol–water partition coefficient (Wildman–Crippen LogP) is 1.16. The van der Waals surface area contributed by atoms with Crippen molar-refractivity contribution in [3.05, 3.63) is 0 Å². The minimum atomic E-state index is -1.11. The molecular weight excluding hydrogens is 177 g/mol. The van der Waals surface area contributed by atoms with Crippen molar-refractivity contribution in [3.63, 3.8) is 0 Å². The van der Waals surface area contributed by atoms with Gasteiger partial charge in [0.1, 0.15) is 6.17 Å². The van der Waals surface area contributed by atoms with Gasteiger partial charge in [-0.15, -0.1) is 0 Å². The topological polar surface area (TPSA) is 38.8 Å². The Bertz CT molecular complexity index is 188. The molecule has 0 aromatic rings. The van der Waals surface area contributed by atoms with Gasteiger partial charge in [0.05, 0.1) is 7.11 Å². The van der Waals surface area contributed by atoms with Crippen molar-refractivity contribution >= 4 is 6.09 Å². The molecule has 0 aliphatic carbocycles. The molecule has 1 rings (SSSR count). The second kappa shape index (κ2) is 4.41. The molecule has 1 fully saturated rings. The van der Waals surface area contributed by atoms with E-state index in [9.17, 15) is 9.18 Å². The highest BCUT2D eigenvalue weighted by atomic mass is 19.1. The van der Waals surface area contributed by atoms with Crippen LogP contribution in [0.25, 0.3) is 0 Å². The Balaban J connectivity index is 2.64. The van der Waals surface area contributed by atoms with Crippen LogP contribution < -0.4 is 0 Å². The van der Waals surface area contributed by atoms with Crippen LogP contribution in [0.2, 0.25) is 0 Å². The number of carbonyl (C=O) groups is 1. The highest BCUT2D eigenvalue weighted by molar-refractivity contribution is 5.67. The number of piperidine rings is 1. The summed E-state index contributed by atoms with van der Waals surface area (Å²) in [5.41, 5.74) is 0. The molecule has 4 nitrogen and oxygen atoms in total. The van der Waals surface area contributed by atoms with E-state index < -0.39 is 18.5 Å². The highest BCUT2D eigenvalue weighted by Crippen LogP contribution is 2.21. The van der Waals surface area contributed by atoms with Crippen molar-refractivity contribution in [2.75, 3.05) is 20.8 Å². The standard InChI is InChI=1S/C8H14FNO3/c1-12-7-6(9)4-3-5-10(7)8(11)13-2/h6-7H,3-5H2,1-2H3. The van der Waals surface area contributed by atoms with Gasteiger partial charge in [0.2, 0.25) is 0 Å². The lowest BCUT2D eigenvalue weighted by Crippen LogP contribution is -2.50. The van der Waals surface area contributed by atoms with E-state index >= 15 is 0 Å². The summed E-state index contributed by atoms with van der Waals surface area (Å²) in [7, 11) is 2.66. The van der Waals surface area contributed by atoms with E-state index in [-0.39, 0.29) is 0 Å². The Hall–Kier alpha value is -0.840. The monoisotopic (exact) mass is 191 g/mol. The zero-order valence-electron chi connectivity index (χ0n) is 7.83.